The first-order valence-corrected chi connectivity index (χ1v) is 9.99. The minimum atomic E-state index is -0.827. The Morgan fingerprint density at radius 3 is 2.71 bits per heavy atom. The molecular formula is C18H19NO3S2. The first-order chi connectivity index (χ1) is 11.6. The summed E-state index contributed by atoms with van der Waals surface area (Å²) in [5, 5.41) is 13.7. The summed E-state index contributed by atoms with van der Waals surface area (Å²) in [6.45, 7) is 0.671. The van der Waals surface area contributed by atoms with Crippen molar-refractivity contribution in [3.8, 4) is 0 Å². The van der Waals surface area contributed by atoms with E-state index < -0.39 is 11.4 Å². The van der Waals surface area contributed by atoms with Gasteiger partial charge in [0, 0.05) is 22.7 Å². The normalized spacial score (nSPS) is 21.8. The highest BCUT2D eigenvalue weighted by molar-refractivity contribution is 7.10. The van der Waals surface area contributed by atoms with E-state index in [1.807, 2.05) is 16.3 Å². The van der Waals surface area contributed by atoms with Crippen molar-refractivity contribution in [2.24, 2.45) is 5.41 Å². The van der Waals surface area contributed by atoms with Crippen LogP contribution < -0.4 is 0 Å². The molecule has 1 unspecified atom stereocenters. The first kappa shape index (κ1) is 15.8. The molecule has 6 heteroatoms. The summed E-state index contributed by atoms with van der Waals surface area (Å²) >= 11 is 3.40. The third kappa shape index (κ3) is 2.48. The van der Waals surface area contributed by atoms with Crippen molar-refractivity contribution in [2.75, 3.05) is 6.54 Å². The highest BCUT2D eigenvalue weighted by atomic mass is 32.1. The maximum absolute atomic E-state index is 13.0. The van der Waals surface area contributed by atoms with Crippen molar-refractivity contribution in [1.29, 1.82) is 0 Å². The number of hydrogen-bond donors (Lipinski definition) is 1. The topological polar surface area (TPSA) is 57.6 Å². The second-order valence-corrected chi connectivity index (χ2v) is 8.65. The van der Waals surface area contributed by atoms with E-state index in [0.717, 1.165) is 17.7 Å². The SMILES string of the molecule is O=C(CC1(C(=O)O)CCC1)N1CCc2sccc2C1c1cccs1. The van der Waals surface area contributed by atoms with Gasteiger partial charge in [0.1, 0.15) is 0 Å². The summed E-state index contributed by atoms with van der Waals surface area (Å²) in [4.78, 5) is 29.0. The third-order valence-electron chi connectivity index (χ3n) is 5.35. The zero-order valence-corrected chi connectivity index (χ0v) is 14.9. The largest absolute Gasteiger partial charge is 0.481 e. The molecule has 2 aromatic heterocycles. The van der Waals surface area contributed by atoms with Crippen molar-refractivity contribution >= 4 is 34.6 Å². The summed E-state index contributed by atoms with van der Waals surface area (Å²) in [7, 11) is 0. The van der Waals surface area contributed by atoms with Crippen LogP contribution in [0.15, 0.2) is 29.0 Å². The molecular weight excluding hydrogens is 342 g/mol. The molecule has 0 bridgehead atoms. The van der Waals surface area contributed by atoms with Crippen molar-refractivity contribution in [3.63, 3.8) is 0 Å². The number of nitrogens with zero attached hydrogens (tertiary/aromatic N) is 1. The number of carboxylic acids is 1. The predicted molar refractivity (Wildman–Crippen MR) is 94.4 cm³/mol. The van der Waals surface area contributed by atoms with E-state index in [0.29, 0.717) is 19.4 Å². The van der Waals surface area contributed by atoms with E-state index in [4.69, 9.17) is 0 Å². The molecule has 0 aromatic carbocycles. The number of thiophene rings is 2. The van der Waals surface area contributed by atoms with Crippen LogP contribution in [-0.4, -0.2) is 28.4 Å². The molecule has 24 heavy (non-hydrogen) atoms. The lowest BCUT2D eigenvalue weighted by atomic mass is 9.66. The average molecular weight is 361 g/mol. The van der Waals surface area contributed by atoms with Crippen LogP contribution in [0.25, 0.3) is 0 Å². The second kappa shape index (κ2) is 6.01. The number of carbonyl (C=O) groups is 2. The fourth-order valence-corrected chi connectivity index (χ4v) is 5.56. The summed E-state index contributed by atoms with van der Waals surface area (Å²) in [6, 6.07) is 6.13. The number of fused-ring (bicyclic) bond motifs is 1. The molecule has 0 saturated heterocycles. The predicted octanol–water partition coefficient (Wildman–Crippen LogP) is 3.93. The fraction of sp³-hybridized carbons (Fsp3) is 0.444. The number of aliphatic carboxylic acids is 1. The fourth-order valence-electron chi connectivity index (χ4n) is 3.80. The zero-order valence-electron chi connectivity index (χ0n) is 13.2. The Labute approximate surface area is 148 Å². The quantitative estimate of drug-likeness (QED) is 0.898. The van der Waals surface area contributed by atoms with Crippen LogP contribution in [0.2, 0.25) is 0 Å². The summed E-state index contributed by atoms with van der Waals surface area (Å²) in [6.07, 6.45) is 3.14. The van der Waals surface area contributed by atoms with Crippen LogP contribution >= 0.6 is 22.7 Å². The van der Waals surface area contributed by atoms with E-state index >= 15 is 0 Å². The minimum absolute atomic E-state index is 0.0210. The third-order valence-corrected chi connectivity index (χ3v) is 7.27. The molecule has 1 fully saturated rings. The van der Waals surface area contributed by atoms with Crippen molar-refractivity contribution in [3.05, 3.63) is 44.3 Å². The Morgan fingerprint density at radius 1 is 1.25 bits per heavy atom. The lowest BCUT2D eigenvalue weighted by Crippen LogP contribution is -2.46. The Balaban J connectivity index is 1.64. The standard InChI is InChI=1S/C18H19NO3S2/c20-15(11-18(17(21)22)6-2-7-18)19-8-4-13-12(5-10-24-13)16(19)14-3-1-9-23-14/h1,3,5,9-10,16H,2,4,6-8,11H2,(H,21,22). The van der Waals surface area contributed by atoms with Gasteiger partial charge in [-0.15, -0.1) is 22.7 Å². The lowest BCUT2D eigenvalue weighted by molar-refractivity contribution is -0.160. The highest BCUT2D eigenvalue weighted by Gasteiger charge is 2.47. The maximum atomic E-state index is 13.0. The van der Waals surface area contributed by atoms with E-state index in [1.165, 1.54) is 10.4 Å². The Hall–Kier alpha value is -1.66. The average Bonchev–Trinajstić information content (AvgIpc) is 3.19. The molecule has 1 aliphatic heterocycles. The molecule has 1 N–H and O–H groups in total. The van der Waals surface area contributed by atoms with Crippen molar-refractivity contribution in [2.45, 2.75) is 38.1 Å². The van der Waals surface area contributed by atoms with Gasteiger partial charge in [-0.3, -0.25) is 9.59 Å². The number of carbonyl (C=O) groups excluding carboxylic acids is 1. The monoisotopic (exact) mass is 361 g/mol. The molecule has 4 rings (SSSR count). The van der Waals surface area contributed by atoms with E-state index in [9.17, 15) is 14.7 Å². The van der Waals surface area contributed by atoms with Gasteiger partial charge in [0.05, 0.1) is 11.5 Å². The number of hydrogen-bond acceptors (Lipinski definition) is 4. The van der Waals surface area contributed by atoms with E-state index in [-0.39, 0.29) is 18.4 Å². The van der Waals surface area contributed by atoms with Crippen LogP contribution in [-0.2, 0) is 16.0 Å². The lowest BCUT2D eigenvalue weighted by Gasteiger charge is -2.41. The van der Waals surface area contributed by atoms with Gasteiger partial charge >= 0.3 is 5.97 Å². The molecule has 2 aromatic rings. The Kier molecular flexibility index (Phi) is 3.96. The molecule has 4 nitrogen and oxygen atoms in total. The molecule has 1 saturated carbocycles. The van der Waals surface area contributed by atoms with Gasteiger partial charge in [-0.25, -0.2) is 0 Å². The second-order valence-electron chi connectivity index (χ2n) is 6.67. The van der Waals surface area contributed by atoms with Gasteiger partial charge < -0.3 is 10.0 Å². The molecule has 3 heterocycles. The van der Waals surface area contributed by atoms with Crippen molar-refractivity contribution < 1.29 is 14.7 Å². The van der Waals surface area contributed by atoms with Crippen LogP contribution in [0.4, 0.5) is 0 Å². The van der Waals surface area contributed by atoms with Crippen LogP contribution in [0.1, 0.15) is 47.0 Å². The molecule has 1 atom stereocenters. The molecule has 0 spiro atoms. The number of amides is 1. The van der Waals surface area contributed by atoms with E-state index in [2.05, 4.69) is 17.5 Å². The van der Waals surface area contributed by atoms with Crippen molar-refractivity contribution in [1.82, 2.24) is 4.90 Å². The molecule has 0 radical (unpaired) electrons. The van der Waals surface area contributed by atoms with Gasteiger partial charge in [0.2, 0.25) is 5.91 Å². The van der Waals surface area contributed by atoms with Crippen LogP contribution in [0, 0.1) is 5.41 Å². The molecule has 2 aliphatic rings. The Morgan fingerprint density at radius 2 is 2.08 bits per heavy atom. The van der Waals surface area contributed by atoms with Gasteiger partial charge in [0.15, 0.2) is 0 Å². The zero-order chi connectivity index (χ0) is 16.7. The molecule has 126 valence electrons. The number of rotatable bonds is 4. The van der Waals surface area contributed by atoms with Gasteiger partial charge in [-0.1, -0.05) is 12.5 Å². The van der Waals surface area contributed by atoms with Gasteiger partial charge in [-0.2, -0.15) is 0 Å². The van der Waals surface area contributed by atoms with Gasteiger partial charge in [-0.05, 0) is 47.7 Å². The smallest absolute Gasteiger partial charge is 0.310 e. The molecule has 1 amide bonds. The number of carboxylic acid groups (broad SMARTS) is 1. The summed E-state index contributed by atoms with van der Waals surface area (Å²) in [5.41, 5.74) is 0.381. The summed E-state index contributed by atoms with van der Waals surface area (Å²) in [5.74, 6) is -0.838. The summed E-state index contributed by atoms with van der Waals surface area (Å²) < 4.78 is 0. The molecule has 1 aliphatic carbocycles. The Bertz CT molecular complexity index is 761. The van der Waals surface area contributed by atoms with Gasteiger partial charge in [0.25, 0.3) is 0 Å². The first-order valence-electron chi connectivity index (χ1n) is 8.23. The minimum Gasteiger partial charge on any atom is -0.481 e. The van der Waals surface area contributed by atoms with Crippen LogP contribution in [0.5, 0.6) is 0 Å². The van der Waals surface area contributed by atoms with Crippen LogP contribution in [0.3, 0.4) is 0 Å². The maximum Gasteiger partial charge on any atom is 0.310 e. The highest BCUT2D eigenvalue weighted by Crippen LogP contribution is 2.46. The van der Waals surface area contributed by atoms with E-state index in [1.54, 1.807) is 22.7 Å².